The monoisotopic (exact) mass is 511 g/mol. The Morgan fingerprint density at radius 2 is 2.00 bits per heavy atom. The molecule has 1 fully saturated rings. The molecule has 7 nitrogen and oxygen atoms in total. The molecule has 29 heavy (non-hydrogen) atoms. The highest BCUT2D eigenvalue weighted by Gasteiger charge is 2.20. The number of halogens is 1. The number of morpholine rings is 1. The number of benzene rings is 1. The molecule has 0 spiro atoms. The molecule has 1 saturated heterocycles. The molecule has 1 atom stereocenters. The van der Waals surface area contributed by atoms with Crippen molar-refractivity contribution < 1.29 is 14.3 Å². The number of ether oxygens (including phenoxy) is 1. The molecule has 1 aliphatic heterocycles. The maximum Gasteiger partial charge on any atom is 0.203 e. The molecule has 1 N–H and O–H groups in total. The van der Waals surface area contributed by atoms with Crippen molar-refractivity contribution in [2.24, 2.45) is 0 Å². The first kappa shape index (κ1) is 20.6. The standard InChI is InChI=1S/C21H26IN3O4/c1-23(2)5-6-25(22)14-3-4-16-18(12-14)29-19-13-15(24-7-9-28-10-8-24)11-17(26)20(19)21(16)27/h4,11-14,26H,3,5-10H2,1-2H3. The lowest BCUT2D eigenvalue weighted by Crippen LogP contribution is -2.44. The van der Waals surface area contributed by atoms with E-state index >= 15 is 0 Å². The molecule has 8 heteroatoms. The van der Waals surface area contributed by atoms with Crippen molar-refractivity contribution in [1.29, 1.82) is 0 Å². The SMILES string of the molecule is CN(C)CCN(I)C1C=c2oc3cc(N4CCOCC4)cc(O)c3c(=O)c2=CC1. The van der Waals surface area contributed by atoms with Crippen LogP contribution in [0.1, 0.15) is 6.42 Å². The summed E-state index contributed by atoms with van der Waals surface area (Å²) in [5, 5.41) is 11.4. The molecule has 0 amide bonds. The fourth-order valence-corrected chi connectivity index (χ4v) is 4.38. The second-order valence-corrected chi connectivity index (χ2v) is 8.99. The lowest BCUT2D eigenvalue weighted by molar-refractivity contribution is 0.122. The molecule has 4 rings (SSSR count). The van der Waals surface area contributed by atoms with Gasteiger partial charge in [0.15, 0.2) is 0 Å². The highest BCUT2D eigenvalue weighted by atomic mass is 127. The first-order chi connectivity index (χ1) is 13.9. The number of phenolic OH excluding ortho intramolecular Hbond substituents is 1. The van der Waals surface area contributed by atoms with Gasteiger partial charge >= 0.3 is 0 Å². The highest BCUT2D eigenvalue weighted by Crippen LogP contribution is 2.28. The number of nitrogens with zero attached hydrogens (tertiary/aromatic N) is 3. The van der Waals surface area contributed by atoms with E-state index in [9.17, 15) is 9.90 Å². The molecule has 2 aromatic rings. The van der Waals surface area contributed by atoms with E-state index in [2.05, 4.69) is 49.9 Å². The molecule has 156 valence electrons. The average Bonchev–Trinajstić information content (AvgIpc) is 2.71. The van der Waals surface area contributed by atoms with Crippen LogP contribution in [0.25, 0.3) is 23.1 Å². The van der Waals surface area contributed by atoms with Crippen LogP contribution >= 0.6 is 22.9 Å². The van der Waals surface area contributed by atoms with E-state index in [-0.39, 0.29) is 22.6 Å². The summed E-state index contributed by atoms with van der Waals surface area (Å²) in [4.78, 5) is 17.3. The lowest BCUT2D eigenvalue weighted by Gasteiger charge is -2.29. The van der Waals surface area contributed by atoms with E-state index < -0.39 is 0 Å². The van der Waals surface area contributed by atoms with Gasteiger partial charge in [0.1, 0.15) is 22.1 Å². The van der Waals surface area contributed by atoms with E-state index in [0.717, 1.165) is 38.3 Å². The van der Waals surface area contributed by atoms with Crippen LogP contribution in [0.3, 0.4) is 0 Å². The second kappa shape index (κ2) is 8.63. The van der Waals surface area contributed by atoms with Gasteiger partial charge in [-0.1, -0.05) is 6.08 Å². The largest absolute Gasteiger partial charge is 0.507 e. The number of fused-ring (bicyclic) bond motifs is 2. The lowest BCUT2D eigenvalue weighted by atomic mass is 10.1. The summed E-state index contributed by atoms with van der Waals surface area (Å²) < 4.78 is 13.8. The van der Waals surface area contributed by atoms with Crippen molar-refractivity contribution in [2.75, 3.05) is 58.4 Å². The Kier molecular flexibility index (Phi) is 6.14. The second-order valence-electron chi connectivity index (χ2n) is 7.75. The van der Waals surface area contributed by atoms with E-state index in [1.807, 2.05) is 18.2 Å². The molecule has 1 aromatic heterocycles. The minimum atomic E-state index is -0.171. The van der Waals surface area contributed by atoms with E-state index in [0.29, 0.717) is 29.4 Å². The van der Waals surface area contributed by atoms with Crippen molar-refractivity contribution in [3.63, 3.8) is 0 Å². The van der Waals surface area contributed by atoms with Gasteiger partial charge in [-0.25, -0.2) is 3.11 Å². The molecule has 2 heterocycles. The summed E-state index contributed by atoms with van der Waals surface area (Å²) in [5.41, 5.74) is 1.69. The zero-order chi connectivity index (χ0) is 20.5. The number of aromatic hydroxyl groups is 1. The molecule has 1 aliphatic carbocycles. The zero-order valence-corrected chi connectivity index (χ0v) is 18.9. The maximum absolute atomic E-state index is 13.0. The van der Waals surface area contributed by atoms with Gasteiger partial charge in [-0.2, -0.15) is 0 Å². The fraction of sp³-hybridized carbons (Fsp3) is 0.476. The van der Waals surface area contributed by atoms with E-state index in [4.69, 9.17) is 9.15 Å². The van der Waals surface area contributed by atoms with Crippen LogP contribution in [0.4, 0.5) is 5.69 Å². The quantitative estimate of drug-likeness (QED) is 0.473. The molecular formula is C21H26IN3O4. The molecule has 2 aliphatic rings. The Morgan fingerprint density at radius 3 is 2.72 bits per heavy atom. The van der Waals surface area contributed by atoms with Gasteiger partial charge in [0, 0.05) is 72.9 Å². The summed E-state index contributed by atoms with van der Waals surface area (Å²) in [5.74, 6) is -0.0300. The van der Waals surface area contributed by atoms with Crippen molar-refractivity contribution >= 4 is 51.7 Å². The summed E-state index contributed by atoms with van der Waals surface area (Å²) in [6.07, 6.45) is 4.70. The third kappa shape index (κ3) is 4.30. The van der Waals surface area contributed by atoms with Gasteiger partial charge < -0.3 is 24.1 Å². The van der Waals surface area contributed by atoms with Gasteiger partial charge in [-0.15, -0.1) is 0 Å². The molecule has 0 bridgehead atoms. The van der Waals surface area contributed by atoms with Crippen LogP contribution in [0.15, 0.2) is 21.3 Å². The zero-order valence-electron chi connectivity index (χ0n) is 16.7. The Bertz CT molecular complexity index is 1080. The van der Waals surface area contributed by atoms with Gasteiger partial charge in [0.05, 0.1) is 18.4 Å². The third-order valence-corrected chi connectivity index (χ3v) is 6.63. The van der Waals surface area contributed by atoms with Crippen molar-refractivity contribution in [3.05, 3.63) is 33.0 Å². The predicted molar refractivity (Wildman–Crippen MR) is 123 cm³/mol. The number of anilines is 1. The minimum Gasteiger partial charge on any atom is -0.507 e. The summed E-state index contributed by atoms with van der Waals surface area (Å²) in [6.45, 7) is 4.66. The average molecular weight is 511 g/mol. The van der Waals surface area contributed by atoms with Crippen LogP contribution in [-0.4, -0.2) is 72.6 Å². The van der Waals surface area contributed by atoms with Crippen molar-refractivity contribution in [2.45, 2.75) is 12.5 Å². The Labute approximate surface area is 183 Å². The Balaban J connectivity index is 1.75. The summed E-state index contributed by atoms with van der Waals surface area (Å²) in [6, 6.07) is 3.67. The summed E-state index contributed by atoms with van der Waals surface area (Å²) >= 11 is 2.34. The van der Waals surface area contributed by atoms with Crippen LogP contribution in [0, 0.1) is 0 Å². The van der Waals surface area contributed by atoms with Crippen LogP contribution in [0.2, 0.25) is 0 Å². The van der Waals surface area contributed by atoms with Crippen LogP contribution in [0.5, 0.6) is 5.75 Å². The molecule has 1 unspecified atom stereocenters. The van der Waals surface area contributed by atoms with Gasteiger partial charge in [0.2, 0.25) is 5.43 Å². The van der Waals surface area contributed by atoms with Crippen molar-refractivity contribution in [3.8, 4) is 5.75 Å². The van der Waals surface area contributed by atoms with Gasteiger partial charge in [-0.05, 0) is 26.6 Å². The minimum absolute atomic E-state index is 0.0300. The van der Waals surface area contributed by atoms with E-state index in [1.165, 1.54) is 0 Å². The smallest absolute Gasteiger partial charge is 0.203 e. The third-order valence-electron chi connectivity index (χ3n) is 5.43. The molecule has 0 saturated carbocycles. The number of rotatable bonds is 5. The van der Waals surface area contributed by atoms with Gasteiger partial charge in [0.25, 0.3) is 0 Å². The summed E-state index contributed by atoms with van der Waals surface area (Å²) in [7, 11) is 4.11. The number of hydrogen-bond donors (Lipinski definition) is 1. The number of phenols is 1. The Morgan fingerprint density at radius 1 is 1.24 bits per heavy atom. The number of hydrogen-bond acceptors (Lipinski definition) is 7. The normalized spacial score (nSPS) is 19.3. The first-order valence-electron chi connectivity index (χ1n) is 9.86. The topological polar surface area (TPSA) is 69.4 Å². The maximum atomic E-state index is 13.0. The molecule has 1 aromatic carbocycles. The molecular weight excluding hydrogens is 485 g/mol. The van der Waals surface area contributed by atoms with Crippen molar-refractivity contribution in [1.82, 2.24) is 8.01 Å². The Hall–Kier alpha value is -1.62. The molecule has 0 radical (unpaired) electrons. The first-order valence-corrected chi connectivity index (χ1v) is 10.8. The number of likely N-dealkylation sites (N-methyl/N-ethyl adjacent to an activating group) is 1. The van der Waals surface area contributed by atoms with Crippen LogP contribution < -0.4 is 21.0 Å². The fourth-order valence-electron chi connectivity index (χ4n) is 3.77. The highest BCUT2D eigenvalue weighted by molar-refractivity contribution is 14.1. The predicted octanol–water partition coefficient (Wildman–Crippen LogP) is 0.882. The van der Waals surface area contributed by atoms with Gasteiger partial charge in [-0.3, -0.25) is 4.79 Å². The van der Waals surface area contributed by atoms with E-state index in [1.54, 1.807) is 6.07 Å². The van der Waals surface area contributed by atoms with Crippen LogP contribution in [-0.2, 0) is 4.74 Å².